The van der Waals surface area contributed by atoms with Gasteiger partial charge in [0.15, 0.2) is 0 Å². The normalized spacial score (nSPS) is 17.2. The van der Waals surface area contributed by atoms with Gasteiger partial charge in [0.05, 0.1) is 0 Å². The molecule has 0 aromatic carbocycles. The molecule has 1 rings (SSSR count). The molecular formula is C14H27N3O2. The minimum Gasteiger partial charge on any atom is -0.348 e. The second-order valence-electron chi connectivity index (χ2n) is 5.41. The first-order valence-corrected chi connectivity index (χ1v) is 7.29. The molecule has 0 aliphatic carbocycles. The zero-order valence-corrected chi connectivity index (χ0v) is 12.4. The van der Waals surface area contributed by atoms with Gasteiger partial charge in [-0.2, -0.15) is 0 Å². The molecule has 5 nitrogen and oxygen atoms in total. The molecular weight excluding hydrogens is 242 g/mol. The van der Waals surface area contributed by atoms with Crippen LogP contribution in [0.5, 0.6) is 0 Å². The molecule has 0 spiro atoms. The highest BCUT2D eigenvalue weighted by Crippen LogP contribution is 2.14. The van der Waals surface area contributed by atoms with Gasteiger partial charge in [-0.05, 0) is 39.4 Å². The van der Waals surface area contributed by atoms with Crippen molar-refractivity contribution in [3.63, 3.8) is 0 Å². The zero-order valence-electron chi connectivity index (χ0n) is 12.4. The predicted octanol–water partition coefficient (Wildman–Crippen LogP) is 0.845. The number of likely N-dealkylation sites (N-methyl/N-ethyl adjacent to an activating group) is 1. The van der Waals surface area contributed by atoms with Crippen LogP contribution in [0.3, 0.4) is 0 Å². The second-order valence-corrected chi connectivity index (χ2v) is 5.41. The van der Waals surface area contributed by atoms with Crippen molar-refractivity contribution in [2.24, 2.45) is 0 Å². The Hall–Kier alpha value is -1.10. The van der Waals surface area contributed by atoms with Crippen LogP contribution in [0.25, 0.3) is 0 Å². The van der Waals surface area contributed by atoms with Crippen LogP contribution in [0.2, 0.25) is 0 Å². The molecule has 1 saturated heterocycles. The minimum absolute atomic E-state index is 0.199. The fraction of sp³-hybridized carbons (Fsp3) is 0.857. The van der Waals surface area contributed by atoms with E-state index in [2.05, 4.69) is 24.2 Å². The average Bonchev–Trinajstić information content (AvgIpc) is 2.42. The van der Waals surface area contributed by atoms with Crippen LogP contribution in [-0.2, 0) is 9.59 Å². The van der Waals surface area contributed by atoms with Crippen molar-refractivity contribution in [3.8, 4) is 0 Å². The van der Waals surface area contributed by atoms with Crippen LogP contribution in [0.1, 0.15) is 39.0 Å². The number of piperidine rings is 1. The van der Waals surface area contributed by atoms with Crippen molar-refractivity contribution in [2.45, 2.75) is 45.1 Å². The van der Waals surface area contributed by atoms with Gasteiger partial charge in [0, 0.05) is 19.6 Å². The molecule has 1 aliphatic rings. The smallest absolute Gasteiger partial charge is 0.311 e. The van der Waals surface area contributed by atoms with E-state index in [1.165, 1.54) is 0 Å². The number of unbranched alkanes of at least 4 members (excludes halogenated alkanes) is 2. The topological polar surface area (TPSA) is 52.7 Å². The monoisotopic (exact) mass is 269 g/mol. The highest BCUT2D eigenvalue weighted by Gasteiger charge is 2.27. The van der Waals surface area contributed by atoms with Gasteiger partial charge in [-0.1, -0.05) is 19.8 Å². The highest BCUT2D eigenvalue weighted by atomic mass is 16.2. The zero-order chi connectivity index (χ0) is 14.3. The summed E-state index contributed by atoms with van der Waals surface area (Å²) in [6, 6.07) is 0.199. The third-order valence-electron chi connectivity index (χ3n) is 3.82. The molecule has 1 heterocycles. The number of nitrogens with zero attached hydrogens (tertiary/aromatic N) is 2. The molecule has 2 amide bonds. The lowest BCUT2D eigenvalue weighted by Crippen LogP contribution is -2.49. The number of carbonyl (C=O) groups is 2. The molecule has 0 saturated carbocycles. The molecule has 1 N–H and O–H groups in total. The van der Waals surface area contributed by atoms with E-state index >= 15 is 0 Å². The summed E-state index contributed by atoms with van der Waals surface area (Å²) in [6.45, 7) is 4.68. The Balaban J connectivity index is 2.32. The maximum absolute atomic E-state index is 12.0. The van der Waals surface area contributed by atoms with E-state index in [-0.39, 0.29) is 6.04 Å². The van der Waals surface area contributed by atoms with E-state index < -0.39 is 11.8 Å². The summed E-state index contributed by atoms with van der Waals surface area (Å²) in [7, 11) is 3.82. The lowest BCUT2D eigenvalue weighted by Gasteiger charge is -2.34. The van der Waals surface area contributed by atoms with E-state index in [1.54, 1.807) is 11.9 Å². The lowest BCUT2D eigenvalue weighted by atomic mass is 10.0. The first kappa shape index (κ1) is 16.0. The van der Waals surface area contributed by atoms with Crippen LogP contribution >= 0.6 is 0 Å². The highest BCUT2D eigenvalue weighted by molar-refractivity contribution is 6.35. The van der Waals surface area contributed by atoms with Crippen molar-refractivity contribution in [1.82, 2.24) is 15.1 Å². The fourth-order valence-corrected chi connectivity index (χ4v) is 2.36. The summed E-state index contributed by atoms with van der Waals surface area (Å²) in [5.41, 5.74) is 0. The average molecular weight is 269 g/mol. The summed E-state index contributed by atoms with van der Waals surface area (Å²) in [5, 5.41) is 2.71. The Morgan fingerprint density at radius 1 is 1.26 bits per heavy atom. The molecule has 5 heteroatoms. The molecule has 0 bridgehead atoms. The third-order valence-corrected chi connectivity index (χ3v) is 3.82. The fourth-order valence-electron chi connectivity index (χ4n) is 2.36. The number of hydrogen-bond acceptors (Lipinski definition) is 3. The number of likely N-dealkylation sites (tertiary alicyclic amines) is 1. The minimum atomic E-state index is -0.461. The summed E-state index contributed by atoms with van der Waals surface area (Å²) < 4.78 is 0. The molecule has 0 aromatic rings. The quantitative estimate of drug-likeness (QED) is 0.594. The second kappa shape index (κ2) is 8.15. The van der Waals surface area contributed by atoms with Crippen molar-refractivity contribution < 1.29 is 9.59 Å². The number of carbonyl (C=O) groups excluding carboxylic acids is 2. The summed E-state index contributed by atoms with van der Waals surface area (Å²) in [5.74, 6) is -0.858. The Morgan fingerprint density at radius 2 is 1.89 bits per heavy atom. The van der Waals surface area contributed by atoms with E-state index in [1.807, 2.05) is 0 Å². The maximum Gasteiger partial charge on any atom is 0.311 e. The molecule has 110 valence electrons. The number of rotatable bonds is 5. The van der Waals surface area contributed by atoms with Gasteiger partial charge in [0.2, 0.25) is 0 Å². The molecule has 0 unspecified atom stereocenters. The van der Waals surface area contributed by atoms with Gasteiger partial charge in [0.25, 0.3) is 0 Å². The standard InChI is InChI=1S/C14H27N3O2/c1-4-5-6-9-15-13(18)14(19)17(3)12-7-10-16(2)11-8-12/h12H,4-11H2,1-3H3,(H,15,18). The molecule has 1 fully saturated rings. The first-order valence-electron chi connectivity index (χ1n) is 7.29. The Morgan fingerprint density at radius 3 is 2.47 bits per heavy atom. The van der Waals surface area contributed by atoms with Gasteiger partial charge in [-0.3, -0.25) is 9.59 Å². The SMILES string of the molecule is CCCCCNC(=O)C(=O)N(C)C1CCN(C)CC1. The third kappa shape index (κ3) is 5.19. The van der Waals surface area contributed by atoms with Crippen LogP contribution in [0, 0.1) is 0 Å². The lowest BCUT2D eigenvalue weighted by molar-refractivity contribution is -0.146. The summed E-state index contributed by atoms with van der Waals surface area (Å²) in [4.78, 5) is 27.6. The number of nitrogens with one attached hydrogen (secondary N) is 1. The number of amides is 2. The van der Waals surface area contributed by atoms with Crippen LogP contribution in [0.15, 0.2) is 0 Å². The van der Waals surface area contributed by atoms with E-state index in [0.29, 0.717) is 6.54 Å². The summed E-state index contributed by atoms with van der Waals surface area (Å²) >= 11 is 0. The molecule has 1 aliphatic heterocycles. The van der Waals surface area contributed by atoms with Gasteiger partial charge in [0.1, 0.15) is 0 Å². The van der Waals surface area contributed by atoms with Gasteiger partial charge in [-0.25, -0.2) is 0 Å². The van der Waals surface area contributed by atoms with Gasteiger partial charge in [-0.15, -0.1) is 0 Å². The van der Waals surface area contributed by atoms with Crippen molar-refractivity contribution >= 4 is 11.8 Å². The Labute approximate surface area is 116 Å². The Bertz CT molecular complexity index is 299. The predicted molar refractivity (Wildman–Crippen MR) is 75.8 cm³/mol. The first-order chi connectivity index (χ1) is 9.06. The van der Waals surface area contributed by atoms with E-state index in [4.69, 9.17) is 0 Å². The van der Waals surface area contributed by atoms with Crippen molar-refractivity contribution in [2.75, 3.05) is 33.7 Å². The van der Waals surface area contributed by atoms with Gasteiger partial charge >= 0.3 is 11.8 Å². The van der Waals surface area contributed by atoms with E-state index in [0.717, 1.165) is 45.2 Å². The van der Waals surface area contributed by atoms with Crippen LogP contribution < -0.4 is 5.32 Å². The van der Waals surface area contributed by atoms with Crippen molar-refractivity contribution in [1.29, 1.82) is 0 Å². The molecule has 0 atom stereocenters. The molecule has 0 aromatic heterocycles. The largest absolute Gasteiger partial charge is 0.348 e. The summed E-state index contributed by atoms with van der Waals surface area (Å²) in [6.07, 6.45) is 5.02. The van der Waals surface area contributed by atoms with Crippen LogP contribution in [0.4, 0.5) is 0 Å². The maximum atomic E-state index is 12.0. The number of hydrogen-bond donors (Lipinski definition) is 1. The van der Waals surface area contributed by atoms with Gasteiger partial charge < -0.3 is 15.1 Å². The van der Waals surface area contributed by atoms with Crippen LogP contribution in [-0.4, -0.2) is 61.4 Å². The molecule has 19 heavy (non-hydrogen) atoms. The van der Waals surface area contributed by atoms with Crippen molar-refractivity contribution in [3.05, 3.63) is 0 Å². The Kier molecular flexibility index (Phi) is 6.84. The molecule has 0 radical (unpaired) electrons. The van der Waals surface area contributed by atoms with E-state index in [9.17, 15) is 9.59 Å².